The molecule has 0 spiro atoms. The molecule has 2 atom stereocenters. The molecule has 3 aliphatic heterocycles. The summed E-state index contributed by atoms with van der Waals surface area (Å²) in [5.41, 5.74) is 1.21. The molecule has 31 heavy (non-hydrogen) atoms. The van der Waals surface area contributed by atoms with Crippen molar-refractivity contribution in [3.8, 4) is 11.5 Å². The molecule has 1 aromatic carbocycles. The van der Waals surface area contributed by atoms with Crippen LogP contribution in [0.2, 0.25) is 0 Å². The Labute approximate surface area is 186 Å². The van der Waals surface area contributed by atoms with E-state index in [1.165, 1.54) is 5.56 Å². The van der Waals surface area contributed by atoms with E-state index in [9.17, 15) is 0 Å². The van der Waals surface area contributed by atoms with E-state index < -0.39 is 0 Å². The standard InChI is InChI=1S/C24H38N4O3/c1-5-25-23(27-20-14-28(17(2)3)13-18(20)4)26-15-24(8-10-29-11-9-24)19-6-7-21-22(12-19)31-16-30-21/h6-7,12,17-18,20H,5,8-11,13-16H2,1-4H3,(H2,25,26,27). The number of ether oxygens (including phenoxy) is 3. The van der Waals surface area contributed by atoms with Crippen LogP contribution in [0.15, 0.2) is 23.2 Å². The molecule has 2 fully saturated rings. The van der Waals surface area contributed by atoms with Gasteiger partial charge in [-0.15, -0.1) is 0 Å². The van der Waals surface area contributed by atoms with E-state index in [1.807, 2.05) is 6.07 Å². The summed E-state index contributed by atoms with van der Waals surface area (Å²) >= 11 is 0. The van der Waals surface area contributed by atoms with Crippen LogP contribution in [-0.2, 0) is 10.2 Å². The first-order chi connectivity index (χ1) is 15.0. The highest BCUT2D eigenvalue weighted by molar-refractivity contribution is 5.80. The molecule has 172 valence electrons. The smallest absolute Gasteiger partial charge is 0.231 e. The monoisotopic (exact) mass is 430 g/mol. The van der Waals surface area contributed by atoms with E-state index >= 15 is 0 Å². The Kier molecular flexibility index (Phi) is 6.92. The Balaban J connectivity index is 1.52. The summed E-state index contributed by atoms with van der Waals surface area (Å²) in [6, 6.07) is 7.33. The third kappa shape index (κ3) is 4.93. The summed E-state index contributed by atoms with van der Waals surface area (Å²) in [5, 5.41) is 7.19. The lowest BCUT2D eigenvalue weighted by molar-refractivity contribution is 0.0530. The van der Waals surface area contributed by atoms with E-state index in [0.29, 0.717) is 24.8 Å². The summed E-state index contributed by atoms with van der Waals surface area (Å²) in [6.45, 7) is 14.6. The van der Waals surface area contributed by atoms with Crippen molar-refractivity contribution in [2.45, 2.75) is 58.0 Å². The molecule has 0 amide bonds. The van der Waals surface area contributed by atoms with Crippen LogP contribution in [0.4, 0.5) is 0 Å². The van der Waals surface area contributed by atoms with Gasteiger partial charge < -0.3 is 24.8 Å². The van der Waals surface area contributed by atoms with E-state index in [-0.39, 0.29) is 5.41 Å². The maximum Gasteiger partial charge on any atom is 0.231 e. The van der Waals surface area contributed by atoms with Crippen LogP contribution in [0.25, 0.3) is 0 Å². The number of likely N-dealkylation sites (tertiary alicyclic amines) is 1. The van der Waals surface area contributed by atoms with Crippen LogP contribution in [0, 0.1) is 5.92 Å². The molecule has 2 unspecified atom stereocenters. The minimum Gasteiger partial charge on any atom is -0.454 e. The minimum absolute atomic E-state index is 0.0488. The molecule has 2 N–H and O–H groups in total. The quantitative estimate of drug-likeness (QED) is 0.534. The first kappa shape index (κ1) is 22.2. The van der Waals surface area contributed by atoms with Gasteiger partial charge >= 0.3 is 0 Å². The lowest BCUT2D eigenvalue weighted by Crippen LogP contribution is -2.47. The van der Waals surface area contributed by atoms with Crippen LogP contribution in [0.3, 0.4) is 0 Å². The fourth-order valence-corrected chi connectivity index (χ4v) is 4.87. The molecule has 0 bridgehead atoms. The van der Waals surface area contributed by atoms with Crippen molar-refractivity contribution in [3.05, 3.63) is 23.8 Å². The van der Waals surface area contributed by atoms with Gasteiger partial charge in [-0.2, -0.15) is 0 Å². The number of benzene rings is 1. The fraction of sp³-hybridized carbons (Fsp3) is 0.708. The average Bonchev–Trinajstić information content (AvgIpc) is 3.39. The topological polar surface area (TPSA) is 67.4 Å². The molecule has 3 aliphatic rings. The lowest BCUT2D eigenvalue weighted by Gasteiger charge is -2.37. The number of fused-ring (bicyclic) bond motifs is 1. The first-order valence-electron chi connectivity index (χ1n) is 11.8. The summed E-state index contributed by atoms with van der Waals surface area (Å²) in [4.78, 5) is 7.64. The van der Waals surface area contributed by atoms with Gasteiger partial charge in [0.25, 0.3) is 0 Å². The third-order valence-corrected chi connectivity index (χ3v) is 7.01. The molecule has 7 heteroatoms. The number of nitrogens with zero attached hydrogens (tertiary/aromatic N) is 2. The second-order valence-electron chi connectivity index (χ2n) is 9.43. The molecule has 1 aromatic rings. The first-order valence-corrected chi connectivity index (χ1v) is 11.8. The zero-order valence-electron chi connectivity index (χ0n) is 19.4. The van der Waals surface area contributed by atoms with Gasteiger partial charge in [0.05, 0.1) is 6.54 Å². The van der Waals surface area contributed by atoms with Crippen molar-refractivity contribution in [1.29, 1.82) is 0 Å². The zero-order chi connectivity index (χ0) is 21.8. The highest BCUT2D eigenvalue weighted by atomic mass is 16.7. The SMILES string of the molecule is CCNC(=NCC1(c2ccc3c(c2)OCO3)CCOCC1)NC1CN(C(C)C)CC1C. The van der Waals surface area contributed by atoms with Crippen LogP contribution in [-0.4, -0.2) is 69.1 Å². The van der Waals surface area contributed by atoms with Crippen molar-refractivity contribution in [2.24, 2.45) is 10.9 Å². The normalized spacial score (nSPS) is 25.8. The lowest BCUT2D eigenvalue weighted by atomic mass is 9.74. The molecule has 0 radical (unpaired) electrons. The van der Waals surface area contributed by atoms with Crippen molar-refractivity contribution in [2.75, 3.05) is 46.2 Å². The van der Waals surface area contributed by atoms with E-state index in [2.05, 4.69) is 55.4 Å². The van der Waals surface area contributed by atoms with Gasteiger partial charge in [0, 0.05) is 50.3 Å². The van der Waals surface area contributed by atoms with Crippen molar-refractivity contribution in [1.82, 2.24) is 15.5 Å². The zero-order valence-corrected chi connectivity index (χ0v) is 19.4. The summed E-state index contributed by atoms with van der Waals surface area (Å²) in [6.07, 6.45) is 1.91. The summed E-state index contributed by atoms with van der Waals surface area (Å²) < 4.78 is 16.9. The van der Waals surface area contributed by atoms with Crippen molar-refractivity contribution in [3.63, 3.8) is 0 Å². The van der Waals surface area contributed by atoms with E-state index in [4.69, 9.17) is 19.2 Å². The number of guanidine groups is 1. The number of rotatable bonds is 6. The summed E-state index contributed by atoms with van der Waals surface area (Å²) in [5.74, 6) is 3.18. The second-order valence-corrected chi connectivity index (χ2v) is 9.43. The number of hydrogen-bond donors (Lipinski definition) is 2. The predicted molar refractivity (Wildman–Crippen MR) is 123 cm³/mol. The van der Waals surface area contributed by atoms with Crippen LogP contribution in [0.5, 0.6) is 11.5 Å². The molecule has 0 saturated carbocycles. The van der Waals surface area contributed by atoms with Gasteiger partial charge in [-0.25, -0.2) is 0 Å². The van der Waals surface area contributed by atoms with Crippen LogP contribution in [0.1, 0.15) is 46.1 Å². The molecule has 3 heterocycles. The van der Waals surface area contributed by atoms with Gasteiger partial charge in [0.1, 0.15) is 0 Å². The van der Waals surface area contributed by atoms with Gasteiger partial charge in [-0.1, -0.05) is 13.0 Å². The maximum absolute atomic E-state index is 5.71. The number of aliphatic imine (C=N–C) groups is 1. The van der Waals surface area contributed by atoms with Gasteiger partial charge in [0.15, 0.2) is 17.5 Å². The highest BCUT2D eigenvalue weighted by Gasteiger charge is 2.36. The molecule has 0 aromatic heterocycles. The minimum atomic E-state index is -0.0488. The molecule has 0 aliphatic carbocycles. The number of nitrogens with one attached hydrogen (secondary N) is 2. The van der Waals surface area contributed by atoms with E-state index in [1.54, 1.807) is 0 Å². The molecular formula is C24H38N4O3. The van der Waals surface area contributed by atoms with Gasteiger partial charge in [-0.3, -0.25) is 9.89 Å². The Hall–Kier alpha value is -1.99. The summed E-state index contributed by atoms with van der Waals surface area (Å²) in [7, 11) is 0. The Bertz CT molecular complexity index is 776. The predicted octanol–water partition coefficient (Wildman–Crippen LogP) is 2.75. The van der Waals surface area contributed by atoms with Crippen molar-refractivity contribution < 1.29 is 14.2 Å². The third-order valence-electron chi connectivity index (χ3n) is 7.01. The molecule has 2 saturated heterocycles. The Morgan fingerprint density at radius 1 is 1.19 bits per heavy atom. The molecule has 7 nitrogen and oxygen atoms in total. The average molecular weight is 431 g/mol. The maximum atomic E-state index is 5.71. The Morgan fingerprint density at radius 3 is 2.68 bits per heavy atom. The van der Waals surface area contributed by atoms with Gasteiger partial charge in [0.2, 0.25) is 6.79 Å². The highest BCUT2D eigenvalue weighted by Crippen LogP contribution is 2.41. The largest absolute Gasteiger partial charge is 0.454 e. The van der Waals surface area contributed by atoms with Crippen LogP contribution >= 0.6 is 0 Å². The molecule has 4 rings (SSSR count). The Morgan fingerprint density at radius 2 is 1.97 bits per heavy atom. The van der Waals surface area contributed by atoms with Gasteiger partial charge in [-0.05, 0) is 57.2 Å². The fourth-order valence-electron chi connectivity index (χ4n) is 4.87. The second kappa shape index (κ2) is 9.65. The van der Waals surface area contributed by atoms with Crippen LogP contribution < -0.4 is 20.1 Å². The molecular weight excluding hydrogens is 392 g/mol. The number of hydrogen-bond acceptors (Lipinski definition) is 5. The van der Waals surface area contributed by atoms with E-state index in [0.717, 1.165) is 69.7 Å². The van der Waals surface area contributed by atoms with Crippen molar-refractivity contribution >= 4 is 5.96 Å².